The molecule has 1 aliphatic rings. The Morgan fingerprint density at radius 2 is 2.13 bits per heavy atom. The Morgan fingerprint density at radius 1 is 1.29 bits per heavy atom. The quantitative estimate of drug-likeness (QED) is 0.341. The first-order valence-electron chi connectivity index (χ1n) is 9.62. The zero-order valence-electron chi connectivity index (χ0n) is 16.7. The van der Waals surface area contributed by atoms with E-state index in [2.05, 4.69) is 4.98 Å². The fourth-order valence-electron chi connectivity index (χ4n) is 3.71. The minimum atomic E-state index is -0.860. The van der Waals surface area contributed by atoms with E-state index in [0.717, 1.165) is 0 Å². The number of benzene rings is 1. The van der Waals surface area contributed by atoms with E-state index in [1.165, 1.54) is 24.3 Å². The van der Waals surface area contributed by atoms with Crippen LogP contribution in [0.1, 0.15) is 23.8 Å². The third-order valence-electron chi connectivity index (χ3n) is 5.14. The average molecular weight is 442 g/mol. The lowest BCUT2D eigenvalue weighted by Gasteiger charge is -2.23. The number of hydrogen-bond donors (Lipinski definition) is 1. The molecule has 9 heteroatoms. The highest BCUT2D eigenvalue weighted by Crippen LogP contribution is 2.41. The lowest BCUT2D eigenvalue weighted by Crippen LogP contribution is -2.31. The summed E-state index contributed by atoms with van der Waals surface area (Å²) in [6, 6.07) is 7.15. The molecule has 4 rings (SSSR count). The van der Waals surface area contributed by atoms with Crippen LogP contribution in [0.5, 0.6) is 5.75 Å². The number of hydrogen-bond acceptors (Lipinski definition) is 6. The van der Waals surface area contributed by atoms with Gasteiger partial charge in [0.05, 0.1) is 30.8 Å². The molecule has 0 saturated carbocycles. The molecule has 1 unspecified atom stereocenters. The summed E-state index contributed by atoms with van der Waals surface area (Å²) < 4.78 is 12.7. The van der Waals surface area contributed by atoms with Crippen LogP contribution in [0, 0.1) is 0 Å². The molecule has 1 amide bonds. The van der Waals surface area contributed by atoms with Crippen molar-refractivity contribution < 1.29 is 23.8 Å². The number of furan rings is 1. The number of rotatable bonds is 7. The number of imidazole rings is 1. The maximum Gasteiger partial charge on any atom is 0.295 e. The van der Waals surface area contributed by atoms with Gasteiger partial charge in [-0.2, -0.15) is 0 Å². The second-order valence-electron chi connectivity index (χ2n) is 7.01. The van der Waals surface area contributed by atoms with Crippen LogP contribution in [0.2, 0.25) is 5.02 Å². The molecule has 31 heavy (non-hydrogen) atoms. The average Bonchev–Trinajstić information content (AvgIpc) is 3.52. The molecule has 0 spiro atoms. The lowest BCUT2D eigenvalue weighted by atomic mass is 9.98. The molecule has 0 radical (unpaired) electrons. The van der Waals surface area contributed by atoms with Crippen LogP contribution in [0.25, 0.3) is 5.76 Å². The maximum absolute atomic E-state index is 13.0. The van der Waals surface area contributed by atoms with Gasteiger partial charge < -0.3 is 23.7 Å². The molecule has 2 aromatic heterocycles. The van der Waals surface area contributed by atoms with E-state index in [0.29, 0.717) is 29.5 Å². The van der Waals surface area contributed by atoms with Crippen molar-refractivity contribution in [3.05, 3.63) is 77.2 Å². The van der Waals surface area contributed by atoms with E-state index in [9.17, 15) is 14.7 Å². The minimum absolute atomic E-state index is 0.0665. The predicted molar refractivity (Wildman–Crippen MR) is 113 cm³/mol. The zero-order valence-corrected chi connectivity index (χ0v) is 17.5. The molecular formula is C22H20ClN3O5. The van der Waals surface area contributed by atoms with Crippen molar-refractivity contribution in [1.29, 1.82) is 0 Å². The number of nitrogens with zero attached hydrogens (tertiary/aromatic N) is 3. The number of aryl methyl sites for hydroxylation is 1. The molecule has 1 atom stereocenters. The molecule has 1 saturated heterocycles. The summed E-state index contributed by atoms with van der Waals surface area (Å²) in [6.45, 7) is 0.910. The second-order valence-corrected chi connectivity index (χ2v) is 7.44. The van der Waals surface area contributed by atoms with Gasteiger partial charge in [-0.3, -0.25) is 9.59 Å². The van der Waals surface area contributed by atoms with Gasteiger partial charge in [-0.15, -0.1) is 0 Å². The summed E-state index contributed by atoms with van der Waals surface area (Å²) in [4.78, 5) is 31.3. The second kappa shape index (κ2) is 8.69. The molecule has 8 nitrogen and oxygen atoms in total. The summed E-state index contributed by atoms with van der Waals surface area (Å²) in [6.07, 6.45) is 7.22. The molecule has 160 valence electrons. The molecule has 3 heterocycles. The van der Waals surface area contributed by atoms with E-state index in [4.69, 9.17) is 20.8 Å². The first kappa shape index (κ1) is 20.7. The van der Waals surface area contributed by atoms with Gasteiger partial charge in [0.25, 0.3) is 11.7 Å². The van der Waals surface area contributed by atoms with Gasteiger partial charge in [0.2, 0.25) is 0 Å². The Balaban J connectivity index is 1.74. The van der Waals surface area contributed by atoms with Crippen LogP contribution in [-0.4, -0.2) is 44.9 Å². The van der Waals surface area contributed by atoms with Crippen LogP contribution in [0.4, 0.5) is 0 Å². The summed E-state index contributed by atoms with van der Waals surface area (Å²) in [7, 11) is 1.44. The number of methoxy groups -OCH3 is 1. The molecule has 3 aromatic rings. The smallest absolute Gasteiger partial charge is 0.295 e. The highest BCUT2D eigenvalue weighted by Gasteiger charge is 2.47. The third-order valence-corrected chi connectivity index (χ3v) is 5.38. The summed E-state index contributed by atoms with van der Waals surface area (Å²) in [5.41, 5.74) is 0.158. The number of carbonyl (C=O) groups excluding carboxylic acids is 2. The zero-order chi connectivity index (χ0) is 22.0. The van der Waals surface area contributed by atoms with Crippen molar-refractivity contribution in [1.82, 2.24) is 14.5 Å². The van der Waals surface area contributed by atoms with E-state index >= 15 is 0 Å². The van der Waals surface area contributed by atoms with Gasteiger partial charge in [-0.25, -0.2) is 4.98 Å². The van der Waals surface area contributed by atoms with Crippen molar-refractivity contribution in [2.45, 2.75) is 19.0 Å². The topological polar surface area (TPSA) is 97.8 Å². The number of aliphatic hydroxyl groups excluding tert-OH is 1. The lowest BCUT2D eigenvalue weighted by molar-refractivity contribution is -0.140. The molecule has 0 bridgehead atoms. The first-order valence-corrected chi connectivity index (χ1v) is 10.0. The Labute approximate surface area is 183 Å². The van der Waals surface area contributed by atoms with Crippen molar-refractivity contribution in [2.24, 2.45) is 0 Å². The third kappa shape index (κ3) is 3.94. The van der Waals surface area contributed by atoms with Gasteiger partial charge in [0.1, 0.15) is 23.3 Å². The van der Waals surface area contributed by atoms with E-state index in [1.807, 2.05) is 10.8 Å². The van der Waals surface area contributed by atoms with Crippen molar-refractivity contribution >= 4 is 29.1 Å². The summed E-state index contributed by atoms with van der Waals surface area (Å²) in [5.74, 6) is -1.15. The highest BCUT2D eigenvalue weighted by atomic mass is 35.5. The normalized spacial score (nSPS) is 18.0. The number of halogens is 1. The molecule has 1 aliphatic heterocycles. The summed E-state index contributed by atoms with van der Waals surface area (Å²) in [5, 5.41) is 11.4. The van der Waals surface area contributed by atoms with Crippen LogP contribution >= 0.6 is 11.6 Å². The Morgan fingerprint density at radius 3 is 2.81 bits per heavy atom. The van der Waals surface area contributed by atoms with Crippen molar-refractivity contribution in [2.75, 3.05) is 13.7 Å². The van der Waals surface area contributed by atoms with Crippen LogP contribution in [0.3, 0.4) is 0 Å². The number of aliphatic hydroxyl groups is 1. The molecule has 1 N–H and O–H groups in total. The Hall–Kier alpha value is -3.52. The number of Topliss-reactive ketones (excluding diaryl/α,β-unsaturated/α-hetero) is 1. The van der Waals surface area contributed by atoms with Crippen molar-refractivity contribution in [3.8, 4) is 5.75 Å². The number of carbonyl (C=O) groups is 2. The van der Waals surface area contributed by atoms with Gasteiger partial charge in [-0.05, 0) is 36.8 Å². The number of likely N-dealkylation sites (tertiary alicyclic amines) is 1. The fourth-order valence-corrected chi connectivity index (χ4v) is 3.88. The summed E-state index contributed by atoms with van der Waals surface area (Å²) >= 11 is 6.09. The molecular weight excluding hydrogens is 422 g/mol. The number of aromatic nitrogens is 2. The Bertz CT molecular complexity index is 1120. The van der Waals surface area contributed by atoms with Gasteiger partial charge in [-0.1, -0.05) is 11.6 Å². The fraction of sp³-hybridized carbons (Fsp3) is 0.227. The number of ether oxygens (including phenoxy) is 1. The predicted octanol–water partition coefficient (Wildman–Crippen LogP) is 3.65. The van der Waals surface area contributed by atoms with Gasteiger partial charge in [0, 0.05) is 30.5 Å². The first-order chi connectivity index (χ1) is 15.0. The maximum atomic E-state index is 13.0. The number of ketones is 1. The highest BCUT2D eigenvalue weighted by molar-refractivity contribution is 6.46. The van der Waals surface area contributed by atoms with Crippen LogP contribution in [-0.2, 0) is 16.1 Å². The van der Waals surface area contributed by atoms with E-state index < -0.39 is 17.7 Å². The molecule has 1 aromatic carbocycles. The molecule has 1 fully saturated rings. The van der Waals surface area contributed by atoms with E-state index in [-0.39, 0.29) is 23.4 Å². The minimum Gasteiger partial charge on any atom is -0.507 e. The monoisotopic (exact) mass is 441 g/mol. The molecule has 0 aliphatic carbocycles. The van der Waals surface area contributed by atoms with Crippen molar-refractivity contribution in [3.63, 3.8) is 0 Å². The van der Waals surface area contributed by atoms with Gasteiger partial charge >= 0.3 is 0 Å². The van der Waals surface area contributed by atoms with Crippen LogP contribution in [0.15, 0.2) is 65.3 Å². The van der Waals surface area contributed by atoms with Gasteiger partial charge in [0.15, 0.2) is 0 Å². The Kier molecular flexibility index (Phi) is 5.81. The van der Waals surface area contributed by atoms with E-state index in [1.54, 1.807) is 36.8 Å². The SMILES string of the molecule is COc1ccc(Cl)cc1C(O)=C1C(=O)C(=O)N(CCCn2ccnc2)C1c1ccco1. The van der Waals surface area contributed by atoms with Crippen LogP contribution < -0.4 is 4.74 Å². The largest absolute Gasteiger partial charge is 0.507 e. The standard InChI is InChI=1S/C22H20ClN3O5/c1-30-16-6-5-14(23)12-15(16)20(27)18-19(17-4-2-11-31-17)26(22(29)21(18)28)9-3-8-25-10-7-24-13-25/h2,4-7,10-13,19,27H,3,8-9H2,1H3. The number of amides is 1.